The molecule has 0 N–H and O–H groups in total. The zero-order chi connectivity index (χ0) is 21.5. The fourth-order valence-corrected chi connectivity index (χ4v) is 3.27. The normalized spacial score (nSPS) is 12.7. The summed E-state index contributed by atoms with van der Waals surface area (Å²) in [6.07, 6.45) is 11.1. The fraction of sp³-hybridized carbons (Fsp3) is 0.409. The van der Waals surface area contributed by atoms with Crippen molar-refractivity contribution in [2.75, 3.05) is 11.9 Å². The third kappa shape index (κ3) is 4.74. The van der Waals surface area contributed by atoms with Gasteiger partial charge in [0.2, 0.25) is 5.89 Å². The van der Waals surface area contributed by atoms with E-state index in [1.165, 1.54) is 5.70 Å². The number of nitriles is 1. The van der Waals surface area contributed by atoms with E-state index in [0.29, 0.717) is 31.0 Å². The maximum absolute atomic E-state index is 8.71. The molecule has 0 amide bonds. The average molecular weight is 406 g/mol. The van der Waals surface area contributed by atoms with Gasteiger partial charge in [-0.15, -0.1) is 6.58 Å². The topological polar surface area (TPSA) is 96.7 Å². The molecule has 3 aromatic heterocycles. The van der Waals surface area contributed by atoms with Crippen molar-refractivity contribution in [3.05, 3.63) is 54.7 Å². The summed E-state index contributed by atoms with van der Waals surface area (Å²) in [7, 11) is 4.01. The second kappa shape index (κ2) is 9.83. The van der Waals surface area contributed by atoms with E-state index in [2.05, 4.69) is 56.7 Å². The van der Waals surface area contributed by atoms with E-state index in [0.717, 1.165) is 29.7 Å². The monoisotopic (exact) mass is 405 g/mol. The lowest BCUT2D eigenvalue weighted by Crippen LogP contribution is -2.18. The average Bonchev–Trinajstić information content (AvgIpc) is 3.38. The first-order valence-corrected chi connectivity index (χ1v) is 10.1. The SMILES string of the molecule is C=C[C@H](C/C=C(\CCC)N(C)c1cc2c(cn1)ncn2C)c1noc(CCC#N)n1. The quantitative estimate of drug-likeness (QED) is 0.464. The highest BCUT2D eigenvalue weighted by atomic mass is 16.5. The first-order valence-electron chi connectivity index (χ1n) is 10.1. The van der Waals surface area contributed by atoms with Gasteiger partial charge in [-0.3, -0.25) is 0 Å². The maximum atomic E-state index is 8.71. The molecule has 0 aliphatic carbocycles. The number of nitrogens with zero attached hydrogens (tertiary/aromatic N) is 7. The van der Waals surface area contributed by atoms with Crippen LogP contribution in [0.1, 0.15) is 50.2 Å². The zero-order valence-corrected chi connectivity index (χ0v) is 17.7. The highest BCUT2D eigenvalue weighted by molar-refractivity contribution is 5.77. The van der Waals surface area contributed by atoms with Crippen molar-refractivity contribution < 1.29 is 4.52 Å². The third-order valence-electron chi connectivity index (χ3n) is 5.04. The van der Waals surface area contributed by atoms with Crippen molar-refractivity contribution in [3.63, 3.8) is 0 Å². The van der Waals surface area contributed by atoms with Crippen LogP contribution in [0.2, 0.25) is 0 Å². The van der Waals surface area contributed by atoms with Crippen LogP contribution < -0.4 is 4.90 Å². The molecule has 0 saturated carbocycles. The molecule has 0 aromatic carbocycles. The Balaban J connectivity index is 1.79. The predicted octanol–water partition coefficient (Wildman–Crippen LogP) is 4.29. The number of pyridine rings is 1. The van der Waals surface area contributed by atoms with Crippen molar-refractivity contribution in [1.29, 1.82) is 5.26 Å². The van der Waals surface area contributed by atoms with Gasteiger partial charge in [-0.05, 0) is 12.8 Å². The first-order chi connectivity index (χ1) is 14.6. The molecule has 0 bridgehead atoms. The summed E-state index contributed by atoms with van der Waals surface area (Å²) >= 11 is 0. The van der Waals surface area contributed by atoms with Gasteiger partial charge < -0.3 is 14.0 Å². The van der Waals surface area contributed by atoms with Crippen LogP contribution in [0.15, 0.2) is 47.5 Å². The number of hydrogen-bond donors (Lipinski definition) is 0. The lowest BCUT2D eigenvalue weighted by Gasteiger charge is -2.22. The minimum absolute atomic E-state index is 0.0580. The fourth-order valence-electron chi connectivity index (χ4n) is 3.27. The minimum atomic E-state index is -0.0580. The molecule has 0 saturated heterocycles. The van der Waals surface area contributed by atoms with Crippen LogP contribution in [0, 0.1) is 11.3 Å². The maximum Gasteiger partial charge on any atom is 0.227 e. The highest BCUT2D eigenvalue weighted by Gasteiger charge is 2.16. The lowest BCUT2D eigenvalue weighted by molar-refractivity contribution is 0.372. The molecule has 8 nitrogen and oxygen atoms in total. The Morgan fingerprint density at radius 1 is 1.43 bits per heavy atom. The number of hydrogen-bond acceptors (Lipinski definition) is 7. The summed E-state index contributed by atoms with van der Waals surface area (Å²) in [6, 6.07) is 4.14. The first kappa shape index (κ1) is 21.2. The number of anilines is 1. The molecule has 156 valence electrons. The standard InChI is InChI=1S/C22H27N7O/c1-5-8-17(29(4)20-13-19-18(14-24-20)25-15-28(19)3)11-10-16(6-2)22-26-21(30-27-22)9-7-12-23/h6,11,13-16H,2,5,7-10H2,1,3-4H3/b17-11+/t16-/m1/s1. The number of aromatic nitrogens is 5. The lowest BCUT2D eigenvalue weighted by atomic mass is 10.0. The number of allylic oxidation sites excluding steroid dienone is 3. The van der Waals surface area contributed by atoms with Crippen molar-refractivity contribution in [2.24, 2.45) is 7.05 Å². The van der Waals surface area contributed by atoms with Gasteiger partial charge in [0.25, 0.3) is 0 Å². The molecule has 0 aliphatic heterocycles. The molecular formula is C22H27N7O. The number of fused-ring (bicyclic) bond motifs is 1. The number of rotatable bonds is 10. The van der Waals surface area contributed by atoms with Gasteiger partial charge in [0.15, 0.2) is 5.82 Å². The predicted molar refractivity (Wildman–Crippen MR) is 116 cm³/mol. The molecule has 3 heterocycles. The van der Waals surface area contributed by atoms with Gasteiger partial charge in [-0.2, -0.15) is 10.2 Å². The Morgan fingerprint density at radius 3 is 3.00 bits per heavy atom. The second-order valence-electron chi connectivity index (χ2n) is 7.17. The van der Waals surface area contributed by atoms with Crippen LogP contribution in [0.5, 0.6) is 0 Å². The van der Waals surface area contributed by atoms with E-state index in [9.17, 15) is 0 Å². The summed E-state index contributed by atoms with van der Waals surface area (Å²) < 4.78 is 7.25. The van der Waals surface area contributed by atoms with Crippen molar-refractivity contribution in [2.45, 2.75) is 44.9 Å². The van der Waals surface area contributed by atoms with Crippen LogP contribution >= 0.6 is 0 Å². The van der Waals surface area contributed by atoms with Gasteiger partial charge in [0.1, 0.15) is 11.3 Å². The van der Waals surface area contributed by atoms with Crippen LogP contribution in [0.25, 0.3) is 11.0 Å². The van der Waals surface area contributed by atoms with Gasteiger partial charge in [0.05, 0.1) is 24.1 Å². The molecule has 30 heavy (non-hydrogen) atoms. The van der Waals surface area contributed by atoms with Crippen molar-refractivity contribution in [3.8, 4) is 6.07 Å². The van der Waals surface area contributed by atoms with Gasteiger partial charge in [-0.25, -0.2) is 9.97 Å². The molecular weight excluding hydrogens is 378 g/mol. The third-order valence-corrected chi connectivity index (χ3v) is 5.04. The molecule has 8 heteroatoms. The van der Waals surface area contributed by atoms with Crippen LogP contribution in [0.4, 0.5) is 5.82 Å². The van der Waals surface area contributed by atoms with Crippen LogP contribution in [-0.4, -0.2) is 31.7 Å². The van der Waals surface area contributed by atoms with E-state index < -0.39 is 0 Å². The summed E-state index contributed by atoms with van der Waals surface area (Å²) in [5.41, 5.74) is 3.10. The Kier molecular flexibility index (Phi) is 6.96. The molecule has 1 atom stereocenters. The Labute approximate surface area is 176 Å². The summed E-state index contributed by atoms with van der Waals surface area (Å²) in [4.78, 5) is 15.5. The minimum Gasteiger partial charge on any atom is -0.339 e. The molecule has 0 unspecified atom stereocenters. The second-order valence-corrected chi connectivity index (χ2v) is 7.17. The molecule has 0 radical (unpaired) electrons. The van der Waals surface area contributed by atoms with E-state index in [4.69, 9.17) is 9.78 Å². The Morgan fingerprint density at radius 2 is 2.27 bits per heavy atom. The Bertz CT molecular complexity index is 1070. The van der Waals surface area contributed by atoms with E-state index >= 15 is 0 Å². The van der Waals surface area contributed by atoms with Gasteiger partial charge in [0, 0.05) is 44.6 Å². The smallest absolute Gasteiger partial charge is 0.227 e. The van der Waals surface area contributed by atoms with Gasteiger partial charge >= 0.3 is 0 Å². The number of imidazole rings is 1. The molecule has 3 aromatic rings. The van der Waals surface area contributed by atoms with E-state index in [1.807, 2.05) is 24.7 Å². The van der Waals surface area contributed by atoms with Gasteiger partial charge in [-0.1, -0.05) is 30.7 Å². The zero-order valence-electron chi connectivity index (χ0n) is 17.7. The molecule has 3 rings (SSSR count). The van der Waals surface area contributed by atoms with E-state index in [-0.39, 0.29) is 5.92 Å². The summed E-state index contributed by atoms with van der Waals surface area (Å²) in [5, 5.41) is 12.8. The van der Waals surface area contributed by atoms with Crippen molar-refractivity contribution >= 4 is 16.9 Å². The van der Waals surface area contributed by atoms with Crippen molar-refractivity contribution in [1.82, 2.24) is 24.7 Å². The van der Waals surface area contributed by atoms with Crippen LogP contribution in [-0.2, 0) is 13.5 Å². The summed E-state index contributed by atoms with van der Waals surface area (Å²) in [5.74, 6) is 1.90. The highest BCUT2D eigenvalue weighted by Crippen LogP contribution is 2.25. The molecule has 0 fully saturated rings. The number of aryl methyl sites for hydroxylation is 2. The largest absolute Gasteiger partial charge is 0.339 e. The Hall–Kier alpha value is -3.47. The summed E-state index contributed by atoms with van der Waals surface area (Å²) in [6.45, 7) is 6.09. The molecule has 0 spiro atoms. The molecule has 0 aliphatic rings. The van der Waals surface area contributed by atoms with E-state index in [1.54, 1.807) is 12.5 Å². The van der Waals surface area contributed by atoms with Crippen LogP contribution in [0.3, 0.4) is 0 Å².